The van der Waals surface area contributed by atoms with E-state index < -0.39 is 36.1 Å². The number of hydroxylamine groups is 2. The van der Waals surface area contributed by atoms with Gasteiger partial charge in [0.25, 0.3) is 29.9 Å². The molecule has 174 valence electrons. The minimum absolute atomic E-state index is 0.0429. The minimum atomic E-state index is -1.29. The van der Waals surface area contributed by atoms with Crippen molar-refractivity contribution in [3.8, 4) is 0 Å². The Morgan fingerprint density at radius 2 is 1.56 bits per heavy atom. The molecule has 2 aliphatic heterocycles. The summed E-state index contributed by atoms with van der Waals surface area (Å²) in [5.41, 5.74) is 0. The van der Waals surface area contributed by atoms with E-state index in [4.69, 9.17) is 9.47 Å². The number of ether oxygens (including phenoxy) is 2. The van der Waals surface area contributed by atoms with Gasteiger partial charge in [0.1, 0.15) is 0 Å². The molecule has 1 aliphatic carbocycles. The second kappa shape index (κ2) is 10.4. The van der Waals surface area contributed by atoms with Crippen LogP contribution in [0.3, 0.4) is 0 Å². The highest BCUT2D eigenvalue weighted by molar-refractivity contribution is 6.12. The van der Waals surface area contributed by atoms with Gasteiger partial charge in [-0.25, -0.2) is 4.79 Å². The molecule has 0 radical (unpaired) electrons. The van der Waals surface area contributed by atoms with Crippen molar-refractivity contribution in [3.63, 3.8) is 0 Å². The number of carbonyl (C=O) groups excluding carboxylic acids is 6. The van der Waals surface area contributed by atoms with Crippen LogP contribution in [0.5, 0.6) is 0 Å². The van der Waals surface area contributed by atoms with Crippen molar-refractivity contribution in [1.29, 1.82) is 0 Å². The van der Waals surface area contributed by atoms with Crippen LogP contribution in [0.4, 0.5) is 4.79 Å². The van der Waals surface area contributed by atoms with Gasteiger partial charge >= 0.3 is 12.1 Å². The van der Waals surface area contributed by atoms with E-state index in [1.807, 2.05) is 6.92 Å². The normalized spacial score (nSPS) is 24.2. The lowest BCUT2D eigenvalue weighted by atomic mass is 9.82. The van der Waals surface area contributed by atoms with Crippen molar-refractivity contribution in [3.05, 3.63) is 12.2 Å². The average Bonchev–Trinajstić information content (AvgIpc) is 3.24. The Morgan fingerprint density at radius 1 is 0.969 bits per heavy atom. The first kappa shape index (κ1) is 23.4. The molecule has 2 fully saturated rings. The highest BCUT2D eigenvalue weighted by atomic mass is 16.9. The molecule has 2 heterocycles. The second-order valence-corrected chi connectivity index (χ2v) is 8.03. The summed E-state index contributed by atoms with van der Waals surface area (Å²) in [6, 6.07) is 0. The molecule has 1 atom stereocenters. The molecule has 0 aromatic carbocycles. The number of amides is 4. The largest absolute Gasteiger partial charge is 0.537 e. The third kappa shape index (κ3) is 5.71. The lowest BCUT2D eigenvalue weighted by Crippen LogP contribution is -2.37. The second-order valence-electron chi connectivity index (χ2n) is 8.03. The number of esters is 1. The van der Waals surface area contributed by atoms with Gasteiger partial charge in [0.05, 0.1) is 5.92 Å². The molecule has 0 bridgehead atoms. The van der Waals surface area contributed by atoms with E-state index in [0.29, 0.717) is 43.7 Å². The lowest BCUT2D eigenvalue weighted by molar-refractivity contribution is -0.196. The van der Waals surface area contributed by atoms with E-state index in [9.17, 15) is 28.8 Å². The third-order valence-corrected chi connectivity index (χ3v) is 5.69. The van der Waals surface area contributed by atoms with Crippen molar-refractivity contribution < 1.29 is 43.1 Å². The standard InChI is InChI=1S/C21H26N2O9/c1-2-3-19(31-21(29)32-23-17(26)10-11-18(23)27)30-20(28)14-6-4-13(5-7-14)12-22-15(24)8-9-16(22)25/h8-9,13-14,19H,2-7,10-12H2,1H3. The molecule has 1 saturated carbocycles. The molecular weight excluding hydrogens is 424 g/mol. The van der Waals surface area contributed by atoms with Crippen LogP contribution >= 0.6 is 0 Å². The molecule has 0 N–H and O–H groups in total. The van der Waals surface area contributed by atoms with Crippen molar-refractivity contribution in [1.82, 2.24) is 9.96 Å². The van der Waals surface area contributed by atoms with Crippen LogP contribution in [0.25, 0.3) is 0 Å². The molecule has 1 saturated heterocycles. The Morgan fingerprint density at radius 3 is 2.12 bits per heavy atom. The van der Waals surface area contributed by atoms with Gasteiger partial charge in [-0.3, -0.25) is 33.7 Å². The maximum atomic E-state index is 12.6. The predicted octanol–water partition coefficient (Wildman–Crippen LogP) is 1.60. The quantitative estimate of drug-likeness (QED) is 0.307. The maximum absolute atomic E-state index is 12.6. The van der Waals surface area contributed by atoms with Gasteiger partial charge in [-0.05, 0) is 38.0 Å². The van der Waals surface area contributed by atoms with Crippen LogP contribution in [0.15, 0.2) is 12.2 Å². The van der Waals surface area contributed by atoms with Gasteiger partial charge in [-0.1, -0.05) is 12.0 Å². The molecule has 3 rings (SSSR count). The van der Waals surface area contributed by atoms with E-state index in [1.165, 1.54) is 17.1 Å². The van der Waals surface area contributed by atoms with Gasteiger partial charge in [0.2, 0.25) is 0 Å². The zero-order chi connectivity index (χ0) is 23.3. The summed E-state index contributed by atoms with van der Waals surface area (Å²) in [7, 11) is 0. The van der Waals surface area contributed by atoms with Crippen LogP contribution in [0.2, 0.25) is 0 Å². The van der Waals surface area contributed by atoms with Gasteiger partial charge in [0, 0.05) is 38.0 Å². The Bertz CT molecular complexity index is 795. The predicted molar refractivity (Wildman–Crippen MR) is 105 cm³/mol. The Kier molecular flexibility index (Phi) is 7.60. The van der Waals surface area contributed by atoms with Gasteiger partial charge < -0.3 is 9.47 Å². The summed E-state index contributed by atoms with van der Waals surface area (Å²) >= 11 is 0. The first-order chi connectivity index (χ1) is 15.3. The Labute approximate surface area is 184 Å². The van der Waals surface area contributed by atoms with Crippen molar-refractivity contribution >= 4 is 35.8 Å². The zero-order valence-corrected chi connectivity index (χ0v) is 17.8. The summed E-state index contributed by atoms with van der Waals surface area (Å²) in [6.45, 7) is 2.14. The van der Waals surface area contributed by atoms with Gasteiger partial charge in [-0.15, -0.1) is 0 Å². The van der Waals surface area contributed by atoms with Crippen LogP contribution < -0.4 is 0 Å². The SMILES string of the molecule is CCCC(OC(=O)ON1C(=O)CCC1=O)OC(=O)C1CCC(CN2C(=O)C=CC2=O)CC1. The topological polar surface area (TPSA) is 137 Å². The first-order valence-electron chi connectivity index (χ1n) is 10.8. The number of imide groups is 2. The van der Waals surface area contributed by atoms with Crippen molar-refractivity contribution in [2.75, 3.05) is 6.54 Å². The Balaban J connectivity index is 1.45. The van der Waals surface area contributed by atoms with Crippen LogP contribution in [-0.2, 0) is 38.3 Å². The molecule has 0 aromatic heterocycles. The van der Waals surface area contributed by atoms with E-state index in [-0.39, 0.29) is 37.0 Å². The average molecular weight is 450 g/mol. The van der Waals surface area contributed by atoms with Gasteiger partial charge in [0.15, 0.2) is 0 Å². The molecule has 4 amide bonds. The summed E-state index contributed by atoms with van der Waals surface area (Å²) < 4.78 is 10.3. The third-order valence-electron chi connectivity index (χ3n) is 5.69. The van der Waals surface area contributed by atoms with Crippen molar-refractivity contribution in [2.45, 2.75) is 64.6 Å². The van der Waals surface area contributed by atoms with E-state index in [0.717, 1.165) is 0 Å². The number of hydrogen-bond acceptors (Lipinski definition) is 9. The zero-order valence-electron chi connectivity index (χ0n) is 17.8. The highest BCUT2D eigenvalue weighted by Gasteiger charge is 2.36. The van der Waals surface area contributed by atoms with E-state index in [2.05, 4.69) is 4.84 Å². The molecule has 0 aromatic rings. The molecule has 3 aliphatic rings. The van der Waals surface area contributed by atoms with E-state index in [1.54, 1.807) is 0 Å². The number of carbonyl (C=O) groups is 6. The smallest absolute Gasteiger partial charge is 0.425 e. The first-order valence-corrected chi connectivity index (χ1v) is 10.8. The van der Waals surface area contributed by atoms with Crippen molar-refractivity contribution in [2.24, 2.45) is 11.8 Å². The Hall–Kier alpha value is -3.24. The molecule has 1 unspecified atom stereocenters. The molecule has 11 nitrogen and oxygen atoms in total. The molecule has 0 spiro atoms. The van der Waals surface area contributed by atoms with E-state index >= 15 is 0 Å². The van der Waals surface area contributed by atoms with Crippen LogP contribution in [-0.4, -0.2) is 58.6 Å². The van der Waals surface area contributed by atoms with Crippen LogP contribution in [0, 0.1) is 11.8 Å². The fourth-order valence-electron chi connectivity index (χ4n) is 3.91. The monoisotopic (exact) mass is 450 g/mol. The number of nitrogens with zero attached hydrogens (tertiary/aromatic N) is 2. The summed E-state index contributed by atoms with van der Waals surface area (Å²) in [6.07, 6.45) is 3.04. The lowest BCUT2D eigenvalue weighted by Gasteiger charge is -2.30. The minimum Gasteiger partial charge on any atom is -0.425 e. The maximum Gasteiger partial charge on any atom is 0.537 e. The highest BCUT2D eigenvalue weighted by Crippen LogP contribution is 2.31. The fourth-order valence-corrected chi connectivity index (χ4v) is 3.91. The number of hydrogen-bond donors (Lipinski definition) is 0. The summed E-state index contributed by atoms with van der Waals surface area (Å²) in [5.74, 6) is -2.71. The summed E-state index contributed by atoms with van der Waals surface area (Å²) in [4.78, 5) is 76.8. The number of rotatable bonds is 8. The summed E-state index contributed by atoms with van der Waals surface area (Å²) in [5, 5.41) is 0.361. The molecule has 11 heteroatoms. The molecular formula is C21H26N2O9. The fraction of sp³-hybridized carbons (Fsp3) is 0.619. The van der Waals surface area contributed by atoms with Crippen LogP contribution in [0.1, 0.15) is 58.3 Å². The molecule has 32 heavy (non-hydrogen) atoms. The van der Waals surface area contributed by atoms with Gasteiger partial charge in [-0.2, -0.15) is 0 Å².